The van der Waals surface area contributed by atoms with Crippen molar-refractivity contribution in [1.29, 1.82) is 0 Å². The number of hydrogen-bond donors (Lipinski definition) is 0. The third kappa shape index (κ3) is 3.35. The number of fused-ring (bicyclic) bond motifs is 1. The topological polar surface area (TPSA) is 51.0 Å². The molecule has 2 aromatic carbocycles. The molecule has 1 amide bonds. The van der Waals surface area contributed by atoms with Crippen LogP contribution in [0.25, 0.3) is 17.1 Å². The van der Waals surface area contributed by atoms with Crippen LogP contribution < -0.4 is 0 Å². The molecule has 1 aliphatic rings. The van der Waals surface area contributed by atoms with Crippen molar-refractivity contribution in [2.45, 2.75) is 18.9 Å². The van der Waals surface area contributed by atoms with E-state index in [-0.39, 0.29) is 17.8 Å². The van der Waals surface area contributed by atoms with Gasteiger partial charge in [0.25, 0.3) is 0 Å². The number of benzene rings is 2. The Balaban J connectivity index is 1.40. The van der Waals surface area contributed by atoms with Crippen LogP contribution in [0.15, 0.2) is 54.6 Å². The average Bonchev–Trinajstić information content (AvgIpc) is 3.10. The van der Waals surface area contributed by atoms with Crippen LogP contribution in [-0.2, 0) is 4.79 Å². The molecule has 4 rings (SSSR count). The summed E-state index contributed by atoms with van der Waals surface area (Å²) in [6, 6.07) is 14.5. The summed E-state index contributed by atoms with van der Waals surface area (Å²) in [6.45, 7) is 1.34. The van der Waals surface area contributed by atoms with Gasteiger partial charge in [0, 0.05) is 25.2 Å². The summed E-state index contributed by atoms with van der Waals surface area (Å²) in [5.41, 5.74) is 2.41. The number of nitrogens with zero attached hydrogens (tertiary/aromatic N) is 4. The molecule has 0 spiro atoms. The highest BCUT2D eigenvalue weighted by Crippen LogP contribution is 2.25. The number of amides is 1. The van der Waals surface area contributed by atoms with Crippen LogP contribution in [0.2, 0.25) is 0 Å². The number of rotatable bonds is 3. The maximum atomic E-state index is 13.3. The maximum Gasteiger partial charge on any atom is 0.246 e. The molecule has 1 aliphatic heterocycles. The van der Waals surface area contributed by atoms with Crippen LogP contribution in [0.4, 0.5) is 4.39 Å². The van der Waals surface area contributed by atoms with Gasteiger partial charge in [-0.15, -0.1) is 5.10 Å². The summed E-state index contributed by atoms with van der Waals surface area (Å²) in [7, 11) is 0. The van der Waals surface area contributed by atoms with Gasteiger partial charge in [0.15, 0.2) is 0 Å². The van der Waals surface area contributed by atoms with Gasteiger partial charge in [0.1, 0.15) is 11.3 Å². The van der Waals surface area contributed by atoms with Crippen LogP contribution in [0.3, 0.4) is 0 Å². The van der Waals surface area contributed by atoms with Gasteiger partial charge >= 0.3 is 0 Å². The van der Waals surface area contributed by atoms with Gasteiger partial charge in [-0.2, -0.15) is 0 Å². The minimum Gasteiger partial charge on any atom is -0.339 e. The Kier molecular flexibility index (Phi) is 4.48. The van der Waals surface area contributed by atoms with E-state index in [1.165, 1.54) is 12.1 Å². The van der Waals surface area contributed by atoms with Gasteiger partial charge < -0.3 is 4.90 Å². The Bertz CT molecular complexity index is 943. The molecule has 3 aromatic rings. The highest BCUT2D eigenvalue weighted by Gasteiger charge is 2.24. The van der Waals surface area contributed by atoms with E-state index in [9.17, 15) is 9.18 Å². The average molecular weight is 350 g/mol. The van der Waals surface area contributed by atoms with E-state index in [0.717, 1.165) is 23.9 Å². The van der Waals surface area contributed by atoms with Gasteiger partial charge in [-0.05, 0) is 36.6 Å². The standard InChI is InChI=1S/C20H19FN4O/c21-16-7-8-19-18(14-16)22-23-25(19)17-10-12-24(13-11-17)20(26)9-6-15-4-2-1-3-5-15/h1-9,14,17H,10-13H2/b9-6+. The van der Waals surface area contributed by atoms with E-state index in [1.807, 2.05) is 46.0 Å². The maximum absolute atomic E-state index is 13.3. The third-order valence-electron chi connectivity index (χ3n) is 4.77. The zero-order chi connectivity index (χ0) is 17.9. The molecule has 0 bridgehead atoms. The summed E-state index contributed by atoms with van der Waals surface area (Å²) in [5.74, 6) is -0.284. The van der Waals surface area contributed by atoms with Crippen LogP contribution in [0.1, 0.15) is 24.4 Å². The van der Waals surface area contributed by atoms with Gasteiger partial charge in [-0.1, -0.05) is 35.5 Å². The lowest BCUT2D eigenvalue weighted by Crippen LogP contribution is -2.38. The quantitative estimate of drug-likeness (QED) is 0.680. The van der Waals surface area contributed by atoms with E-state index in [0.29, 0.717) is 18.6 Å². The first-order chi connectivity index (χ1) is 12.7. The number of likely N-dealkylation sites (tertiary alicyclic amines) is 1. The Labute approximate surface area is 150 Å². The molecular formula is C20H19FN4O. The smallest absolute Gasteiger partial charge is 0.246 e. The molecule has 132 valence electrons. The predicted molar refractivity (Wildman–Crippen MR) is 97.8 cm³/mol. The fourth-order valence-corrected chi connectivity index (χ4v) is 3.35. The van der Waals surface area contributed by atoms with Crippen molar-refractivity contribution in [2.75, 3.05) is 13.1 Å². The highest BCUT2D eigenvalue weighted by molar-refractivity contribution is 5.91. The van der Waals surface area contributed by atoms with Crippen LogP contribution in [0.5, 0.6) is 0 Å². The minimum atomic E-state index is -0.310. The summed E-state index contributed by atoms with van der Waals surface area (Å²) in [4.78, 5) is 14.2. The molecule has 1 fully saturated rings. The first-order valence-electron chi connectivity index (χ1n) is 8.73. The highest BCUT2D eigenvalue weighted by atomic mass is 19.1. The molecule has 0 radical (unpaired) electrons. The zero-order valence-electron chi connectivity index (χ0n) is 14.3. The lowest BCUT2D eigenvalue weighted by atomic mass is 10.0. The second-order valence-electron chi connectivity index (χ2n) is 6.47. The Morgan fingerprint density at radius 1 is 1.12 bits per heavy atom. The van der Waals surface area contributed by atoms with Crippen molar-refractivity contribution in [3.05, 3.63) is 66.0 Å². The van der Waals surface area contributed by atoms with Gasteiger partial charge in [0.2, 0.25) is 5.91 Å². The number of carbonyl (C=O) groups excluding carboxylic acids is 1. The second kappa shape index (κ2) is 7.07. The lowest BCUT2D eigenvalue weighted by Gasteiger charge is -2.31. The van der Waals surface area contributed by atoms with E-state index in [4.69, 9.17) is 0 Å². The van der Waals surface area contributed by atoms with Crippen LogP contribution in [-0.4, -0.2) is 38.9 Å². The van der Waals surface area contributed by atoms with Crippen LogP contribution >= 0.6 is 0 Å². The van der Waals surface area contributed by atoms with Crippen molar-refractivity contribution in [3.8, 4) is 0 Å². The molecule has 0 atom stereocenters. The van der Waals surface area contributed by atoms with Crippen molar-refractivity contribution in [3.63, 3.8) is 0 Å². The van der Waals surface area contributed by atoms with E-state index >= 15 is 0 Å². The Morgan fingerprint density at radius 3 is 2.65 bits per heavy atom. The number of piperidine rings is 1. The molecule has 5 nitrogen and oxygen atoms in total. The van der Waals surface area contributed by atoms with Gasteiger partial charge in [0.05, 0.1) is 11.6 Å². The summed E-state index contributed by atoms with van der Waals surface area (Å²) >= 11 is 0. The van der Waals surface area contributed by atoms with Crippen molar-refractivity contribution >= 4 is 23.0 Å². The van der Waals surface area contributed by atoms with Crippen molar-refractivity contribution in [2.24, 2.45) is 0 Å². The predicted octanol–water partition coefficient (Wildman–Crippen LogP) is 3.45. The molecule has 0 N–H and O–H groups in total. The summed E-state index contributed by atoms with van der Waals surface area (Å²) < 4.78 is 15.2. The van der Waals surface area contributed by atoms with Crippen LogP contribution in [0, 0.1) is 5.82 Å². The number of carbonyl (C=O) groups is 1. The van der Waals surface area contributed by atoms with Crippen molar-refractivity contribution < 1.29 is 9.18 Å². The molecule has 1 aromatic heterocycles. The first-order valence-corrected chi connectivity index (χ1v) is 8.73. The fraction of sp³-hybridized carbons (Fsp3) is 0.250. The zero-order valence-corrected chi connectivity index (χ0v) is 14.3. The molecule has 0 aliphatic carbocycles. The Hall–Kier alpha value is -3.02. The lowest BCUT2D eigenvalue weighted by molar-refractivity contribution is -0.127. The third-order valence-corrected chi connectivity index (χ3v) is 4.77. The largest absolute Gasteiger partial charge is 0.339 e. The minimum absolute atomic E-state index is 0.0258. The van der Waals surface area contributed by atoms with Gasteiger partial charge in [-0.25, -0.2) is 9.07 Å². The first kappa shape index (κ1) is 16.4. The summed E-state index contributed by atoms with van der Waals surface area (Å²) in [5, 5.41) is 8.24. The molecule has 2 heterocycles. The van der Waals surface area contributed by atoms with E-state index in [2.05, 4.69) is 10.3 Å². The fourth-order valence-electron chi connectivity index (χ4n) is 3.35. The number of aromatic nitrogens is 3. The SMILES string of the molecule is O=C(/C=C/c1ccccc1)N1CCC(n2nnc3cc(F)ccc32)CC1. The summed E-state index contributed by atoms with van der Waals surface area (Å²) in [6.07, 6.45) is 5.08. The number of hydrogen-bond acceptors (Lipinski definition) is 3. The Morgan fingerprint density at radius 2 is 1.88 bits per heavy atom. The second-order valence-corrected chi connectivity index (χ2v) is 6.47. The monoisotopic (exact) mass is 350 g/mol. The molecular weight excluding hydrogens is 331 g/mol. The van der Waals surface area contributed by atoms with E-state index in [1.54, 1.807) is 12.1 Å². The van der Waals surface area contributed by atoms with E-state index < -0.39 is 0 Å². The normalized spacial score (nSPS) is 15.8. The molecule has 6 heteroatoms. The van der Waals surface area contributed by atoms with Crippen molar-refractivity contribution in [1.82, 2.24) is 19.9 Å². The molecule has 0 unspecified atom stereocenters. The molecule has 0 saturated carbocycles. The van der Waals surface area contributed by atoms with Gasteiger partial charge in [-0.3, -0.25) is 4.79 Å². The molecule has 1 saturated heterocycles. The molecule has 26 heavy (non-hydrogen) atoms. The number of halogens is 1.